The highest BCUT2D eigenvalue weighted by Gasteiger charge is 2.29. The van der Waals surface area contributed by atoms with Crippen molar-refractivity contribution in [3.8, 4) is 22.3 Å². The van der Waals surface area contributed by atoms with Crippen LogP contribution in [0.25, 0.3) is 108 Å². The molecule has 0 heterocycles. The lowest BCUT2D eigenvalue weighted by Crippen LogP contribution is -1.99. The first-order valence-electron chi connectivity index (χ1n) is 15.7. The fraction of sp³-hybridized carbons (Fsp3) is 0. The first-order chi connectivity index (χ1) is 22.7. The molecule has 0 aliphatic carbocycles. The van der Waals surface area contributed by atoms with Crippen LogP contribution in [-0.2, 0) is 0 Å². The van der Waals surface area contributed by atoms with Gasteiger partial charge in [0.05, 0.1) is 0 Å². The molecule has 0 nitrogen and oxygen atoms in total. The van der Waals surface area contributed by atoms with E-state index in [0.717, 1.165) is 8.95 Å². The van der Waals surface area contributed by atoms with Gasteiger partial charge in [-0.2, -0.15) is 0 Å². The maximum Gasteiger partial charge on any atom is 0.0339 e. The second kappa shape index (κ2) is 8.94. The van der Waals surface area contributed by atoms with Crippen LogP contribution in [0.15, 0.2) is 142 Å². The molecule has 0 atom stereocenters. The van der Waals surface area contributed by atoms with Gasteiger partial charge in [0.25, 0.3) is 0 Å². The van der Waals surface area contributed by atoms with Gasteiger partial charge in [-0.25, -0.2) is 0 Å². The maximum absolute atomic E-state index is 4.23. The Morgan fingerprint density at radius 3 is 1.50 bits per heavy atom. The molecule has 0 radical (unpaired) electrons. The average molecular weight is 710 g/mol. The Morgan fingerprint density at radius 1 is 0.304 bits per heavy atom. The van der Waals surface area contributed by atoms with Gasteiger partial charge in [0.2, 0.25) is 0 Å². The Balaban J connectivity index is 1.58. The molecule has 0 spiro atoms. The van der Waals surface area contributed by atoms with Crippen molar-refractivity contribution in [3.63, 3.8) is 0 Å². The van der Waals surface area contributed by atoms with Crippen LogP contribution < -0.4 is 0 Å². The first-order valence-corrected chi connectivity index (χ1v) is 17.3. The number of hydrogen-bond acceptors (Lipinski definition) is 0. The molecule has 0 saturated carbocycles. The van der Waals surface area contributed by atoms with Crippen LogP contribution in [0.5, 0.6) is 0 Å². The maximum atomic E-state index is 4.23. The molecule has 11 aromatic carbocycles. The van der Waals surface area contributed by atoms with Gasteiger partial charge in [0, 0.05) is 14.5 Å². The minimum atomic E-state index is 1.14. The second-order valence-corrected chi connectivity index (χ2v) is 14.2. The lowest BCUT2D eigenvalue weighted by Gasteiger charge is -2.27. The molecule has 0 amide bonds. The summed E-state index contributed by atoms with van der Waals surface area (Å²) >= 11 is 8.34. The first kappa shape index (κ1) is 25.4. The van der Waals surface area contributed by atoms with Crippen molar-refractivity contribution in [1.82, 2.24) is 0 Å². The highest BCUT2D eigenvalue weighted by atomic mass is 79.9. The Labute approximate surface area is 281 Å². The van der Waals surface area contributed by atoms with Crippen molar-refractivity contribution in [2.24, 2.45) is 0 Å². The van der Waals surface area contributed by atoms with Crippen molar-refractivity contribution < 1.29 is 0 Å². The third kappa shape index (κ3) is 3.00. The monoisotopic (exact) mass is 708 g/mol. The second-order valence-electron chi connectivity index (χ2n) is 12.6. The van der Waals surface area contributed by atoms with Crippen LogP contribution in [0.1, 0.15) is 0 Å². The molecule has 0 N–H and O–H groups in total. The molecular formula is C44H22Br2. The molecular weight excluding hydrogens is 688 g/mol. The van der Waals surface area contributed by atoms with Crippen molar-refractivity contribution in [1.29, 1.82) is 0 Å². The Hall–Kier alpha value is -4.76. The summed E-state index contributed by atoms with van der Waals surface area (Å²) in [6.45, 7) is 0. The lowest BCUT2D eigenvalue weighted by molar-refractivity contribution is 1.66. The molecule has 0 fully saturated rings. The molecule has 46 heavy (non-hydrogen) atoms. The zero-order chi connectivity index (χ0) is 30.3. The van der Waals surface area contributed by atoms with Crippen LogP contribution in [0.3, 0.4) is 0 Å². The number of benzene rings is 11. The zero-order valence-corrected chi connectivity index (χ0v) is 27.6. The SMILES string of the molecule is Brc1cc2c3ccccc3c3c(-c4ccccc4)c(Br)c4ccc5c6ccccc6c6c(-c7ccccc7)cc1c1c2c3c4c5c61. The van der Waals surface area contributed by atoms with E-state index in [2.05, 4.69) is 165 Å². The Bertz CT molecular complexity index is 2990. The molecule has 2 heteroatoms. The van der Waals surface area contributed by atoms with E-state index in [1.165, 1.54) is 108 Å². The highest BCUT2D eigenvalue weighted by molar-refractivity contribution is 9.11. The summed E-state index contributed by atoms with van der Waals surface area (Å²) in [6.07, 6.45) is 0. The van der Waals surface area contributed by atoms with Gasteiger partial charge in [-0.15, -0.1) is 0 Å². The average Bonchev–Trinajstić information content (AvgIpc) is 3.11. The number of halogens is 2. The Morgan fingerprint density at radius 2 is 0.783 bits per heavy atom. The standard InChI is InChI=1S/C44H22Br2/c45-34-22-32-26-16-8-10-18-28(26)37-35(24-13-5-2-6-14-24)44(46)30-20-19-29-25-15-7-9-17-27(25)36-31(23-11-3-1-4-12-23)21-33(34)41-40(32)43(37)39(30)38(29)42(36)41/h1-22H. The quantitative estimate of drug-likeness (QED) is 0.124. The minimum Gasteiger partial charge on any atom is -0.0622 e. The summed E-state index contributed by atoms with van der Waals surface area (Å²) in [5.74, 6) is 0. The van der Waals surface area contributed by atoms with Crippen LogP contribution in [-0.4, -0.2) is 0 Å². The van der Waals surface area contributed by atoms with Crippen LogP contribution in [0.2, 0.25) is 0 Å². The molecule has 0 bridgehead atoms. The van der Waals surface area contributed by atoms with E-state index in [4.69, 9.17) is 0 Å². The van der Waals surface area contributed by atoms with Crippen molar-refractivity contribution in [2.75, 3.05) is 0 Å². The van der Waals surface area contributed by atoms with Crippen LogP contribution in [0, 0.1) is 0 Å². The zero-order valence-electron chi connectivity index (χ0n) is 24.5. The van der Waals surface area contributed by atoms with Gasteiger partial charge in [0.1, 0.15) is 0 Å². The van der Waals surface area contributed by atoms with E-state index in [-0.39, 0.29) is 0 Å². The molecule has 0 saturated heterocycles. The third-order valence-corrected chi connectivity index (χ3v) is 11.9. The molecule has 212 valence electrons. The van der Waals surface area contributed by atoms with Crippen molar-refractivity contribution in [3.05, 3.63) is 142 Å². The van der Waals surface area contributed by atoms with Gasteiger partial charge < -0.3 is 0 Å². The third-order valence-electron chi connectivity index (χ3n) is 10.4. The smallest absolute Gasteiger partial charge is 0.0339 e. The van der Waals surface area contributed by atoms with Crippen molar-refractivity contribution in [2.45, 2.75) is 0 Å². The van der Waals surface area contributed by atoms with E-state index in [0.29, 0.717) is 0 Å². The van der Waals surface area contributed by atoms with Gasteiger partial charge >= 0.3 is 0 Å². The normalized spacial score (nSPS) is 12.6. The van der Waals surface area contributed by atoms with Gasteiger partial charge in [0.15, 0.2) is 0 Å². The van der Waals surface area contributed by atoms with Gasteiger partial charge in [-0.1, -0.05) is 137 Å². The van der Waals surface area contributed by atoms with E-state index in [9.17, 15) is 0 Å². The number of hydrogen-bond donors (Lipinski definition) is 0. The van der Waals surface area contributed by atoms with Gasteiger partial charge in [-0.05, 0) is 131 Å². The van der Waals surface area contributed by atoms with Crippen molar-refractivity contribution >= 4 is 118 Å². The molecule has 11 aromatic rings. The topological polar surface area (TPSA) is 0 Å². The summed E-state index contributed by atoms with van der Waals surface area (Å²) in [4.78, 5) is 0. The van der Waals surface area contributed by atoms with Crippen LogP contribution >= 0.6 is 31.9 Å². The van der Waals surface area contributed by atoms with Crippen LogP contribution in [0.4, 0.5) is 0 Å². The summed E-state index contributed by atoms with van der Waals surface area (Å²) in [5.41, 5.74) is 5.00. The number of rotatable bonds is 2. The molecule has 0 aliphatic heterocycles. The fourth-order valence-corrected chi connectivity index (χ4v) is 9.98. The largest absolute Gasteiger partial charge is 0.0622 e. The summed E-state index contributed by atoms with van der Waals surface area (Å²) in [5, 5.41) is 21.1. The molecule has 0 aliphatic rings. The van der Waals surface area contributed by atoms with E-state index in [1.807, 2.05) is 0 Å². The van der Waals surface area contributed by atoms with E-state index < -0.39 is 0 Å². The lowest BCUT2D eigenvalue weighted by atomic mass is 9.76. The predicted octanol–water partition coefficient (Wildman–Crippen LogP) is 14.1. The highest BCUT2D eigenvalue weighted by Crippen LogP contribution is 2.58. The molecule has 0 unspecified atom stereocenters. The number of fused-ring (bicyclic) bond motifs is 6. The minimum absolute atomic E-state index is 1.14. The predicted molar refractivity (Wildman–Crippen MR) is 206 cm³/mol. The van der Waals surface area contributed by atoms with E-state index in [1.54, 1.807) is 0 Å². The van der Waals surface area contributed by atoms with E-state index >= 15 is 0 Å². The molecule has 0 aromatic heterocycles. The summed E-state index contributed by atoms with van der Waals surface area (Å²) in [7, 11) is 0. The Kier molecular flexibility index (Phi) is 4.94. The summed E-state index contributed by atoms with van der Waals surface area (Å²) in [6, 6.07) is 49.4. The van der Waals surface area contributed by atoms with Gasteiger partial charge in [-0.3, -0.25) is 0 Å². The molecule has 11 rings (SSSR count). The fourth-order valence-electron chi connectivity index (χ4n) is 8.68. The summed E-state index contributed by atoms with van der Waals surface area (Å²) < 4.78 is 2.29.